The van der Waals surface area contributed by atoms with Crippen molar-refractivity contribution in [3.05, 3.63) is 52.7 Å². The summed E-state index contributed by atoms with van der Waals surface area (Å²) in [6.07, 6.45) is 0. The first-order valence-electron chi connectivity index (χ1n) is 8.76. The zero-order valence-electron chi connectivity index (χ0n) is 16.5. The molecule has 0 N–H and O–H groups in total. The van der Waals surface area contributed by atoms with Crippen LogP contribution in [0.25, 0.3) is 22.3 Å². The monoisotopic (exact) mass is 382 g/mol. The smallest absolute Gasteiger partial charge is 0.316 e. The highest BCUT2D eigenvalue weighted by Crippen LogP contribution is 2.37. The van der Waals surface area contributed by atoms with Gasteiger partial charge >= 0.3 is 5.97 Å². The Bertz CT molecular complexity index is 1090. The summed E-state index contributed by atoms with van der Waals surface area (Å²) in [6, 6.07) is 11.9. The third kappa shape index (κ3) is 3.58. The van der Waals surface area contributed by atoms with E-state index in [2.05, 4.69) is 0 Å². The molecule has 0 amide bonds. The first-order chi connectivity index (χ1) is 13.3. The summed E-state index contributed by atoms with van der Waals surface area (Å²) in [5.74, 6) is 0.469. The number of esters is 1. The second kappa shape index (κ2) is 7.38. The predicted octanol–water partition coefficient (Wildman–Crippen LogP) is 4.43. The molecule has 0 fully saturated rings. The minimum absolute atomic E-state index is 0.147. The van der Waals surface area contributed by atoms with Crippen molar-refractivity contribution in [2.45, 2.75) is 20.8 Å². The van der Waals surface area contributed by atoms with E-state index in [-0.39, 0.29) is 11.5 Å². The lowest BCUT2D eigenvalue weighted by atomic mass is 9.97. The minimum atomic E-state index is -0.785. The number of fused-ring (bicyclic) bond motifs is 1. The van der Waals surface area contributed by atoms with Gasteiger partial charge in [0.2, 0.25) is 11.2 Å². The van der Waals surface area contributed by atoms with Gasteiger partial charge in [-0.2, -0.15) is 0 Å². The average molecular weight is 382 g/mol. The van der Waals surface area contributed by atoms with Gasteiger partial charge < -0.3 is 18.6 Å². The Hall–Kier alpha value is -3.28. The van der Waals surface area contributed by atoms with Crippen LogP contribution in [0.5, 0.6) is 17.2 Å². The lowest BCUT2D eigenvalue weighted by molar-refractivity contribution is -0.143. The fraction of sp³-hybridized carbons (Fsp3) is 0.273. The van der Waals surface area contributed by atoms with Crippen molar-refractivity contribution in [2.75, 3.05) is 14.2 Å². The largest absolute Gasteiger partial charge is 0.493 e. The third-order valence-electron chi connectivity index (χ3n) is 4.21. The Morgan fingerprint density at radius 1 is 0.964 bits per heavy atom. The first kappa shape index (κ1) is 19.5. The summed E-state index contributed by atoms with van der Waals surface area (Å²) in [7, 11) is 3.04. The van der Waals surface area contributed by atoms with Crippen molar-refractivity contribution in [3.63, 3.8) is 0 Å². The van der Waals surface area contributed by atoms with E-state index in [1.807, 2.05) is 0 Å². The Morgan fingerprint density at radius 2 is 1.64 bits per heavy atom. The number of methoxy groups -OCH3 is 2. The molecule has 3 rings (SSSR count). The number of benzene rings is 2. The molecule has 1 aromatic heterocycles. The molecule has 0 aliphatic heterocycles. The highest BCUT2D eigenvalue weighted by Gasteiger charge is 2.28. The number of carbonyl (C=O) groups excluding carboxylic acids is 1. The van der Waals surface area contributed by atoms with Crippen LogP contribution in [0.15, 0.2) is 51.7 Å². The molecule has 0 atom stereocenters. The molecule has 0 aliphatic carbocycles. The second-order valence-electron chi connectivity index (χ2n) is 7.29. The number of hydrogen-bond donors (Lipinski definition) is 0. The maximum absolute atomic E-state index is 13.1. The Morgan fingerprint density at radius 3 is 2.29 bits per heavy atom. The van der Waals surface area contributed by atoms with Gasteiger partial charge in [-0.3, -0.25) is 9.59 Å². The molecule has 28 heavy (non-hydrogen) atoms. The Balaban J connectivity index is 2.27. The fourth-order valence-electron chi connectivity index (χ4n) is 2.63. The van der Waals surface area contributed by atoms with E-state index < -0.39 is 16.8 Å². The molecule has 3 aromatic rings. The van der Waals surface area contributed by atoms with Gasteiger partial charge in [0.05, 0.1) is 25.0 Å². The van der Waals surface area contributed by atoms with E-state index in [9.17, 15) is 9.59 Å². The molecule has 2 aromatic carbocycles. The van der Waals surface area contributed by atoms with Crippen molar-refractivity contribution in [3.8, 4) is 28.6 Å². The van der Waals surface area contributed by atoms with Crippen LogP contribution in [0.2, 0.25) is 0 Å². The fourth-order valence-corrected chi connectivity index (χ4v) is 2.63. The number of hydrogen-bond acceptors (Lipinski definition) is 6. The van der Waals surface area contributed by atoms with Crippen LogP contribution in [0.1, 0.15) is 20.8 Å². The quantitative estimate of drug-likeness (QED) is 0.622. The van der Waals surface area contributed by atoms with Gasteiger partial charge in [0.15, 0.2) is 17.3 Å². The van der Waals surface area contributed by atoms with Gasteiger partial charge in [-0.05, 0) is 51.1 Å². The summed E-state index contributed by atoms with van der Waals surface area (Å²) in [4.78, 5) is 25.6. The highest BCUT2D eigenvalue weighted by molar-refractivity contribution is 5.85. The molecule has 0 aliphatic rings. The first-order valence-corrected chi connectivity index (χ1v) is 8.76. The summed E-state index contributed by atoms with van der Waals surface area (Å²) in [6.45, 7) is 5.15. The molecule has 6 heteroatoms. The van der Waals surface area contributed by atoms with Crippen molar-refractivity contribution >= 4 is 16.9 Å². The summed E-state index contributed by atoms with van der Waals surface area (Å²) >= 11 is 0. The molecular weight excluding hydrogens is 360 g/mol. The normalized spacial score (nSPS) is 11.3. The van der Waals surface area contributed by atoms with Crippen LogP contribution >= 0.6 is 0 Å². The summed E-state index contributed by atoms with van der Waals surface area (Å²) < 4.78 is 22.1. The zero-order valence-corrected chi connectivity index (χ0v) is 16.5. The van der Waals surface area contributed by atoms with E-state index >= 15 is 0 Å². The maximum Gasteiger partial charge on any atom is 0.316 e. The van der Waals surface area contributed by atoms with E-state index in [0.29, 0.717) is 28.0 Å². The Labute approximate surface area is 162 Å². The topological polar surface area (TPSA) is 75.0 Å². The highest BCUT2D eigenvalue weighted by atomic mass is 16.5. The number of para-hydroxylation sites is 1. The van der Waals surface area contributed by atoms with E-state index in [4.69, 9.17) is 18.6 Å². The van der Waals surface area contributed by atoms with Gasteiger partial charge in [-0.25, -0.2) is 0 Å². The van der Waals surface area contributed by atoms with Gasteiger partial charge in [-0.15, -0.1) is 0 Å². The lowest BCUT2D eigenvalue weighted by Gasteiger charge is -2.18. The van der Waals surface area contributed by atoms with E-state index in [1.54, 1.807) is 63.2 Å². The van der Waals surface area contributed by atoms with Crippen LogP contribution in [0, 0.1) is 5.41 Å². The van der Waals surface area contributed by atoms with Crippen LogP contribution in [-0.2, 0) is 4.79 Å². The summed E-state index contributed by atoms with van der Waals surface area (Å²) in [5, 5.41) is 0.337. The Kier molecular flexibility index (Phi) is 5.14. The molecule has 0 spiro atoms. The number of ether oxygens (including phenoxy) is 3. The van der Waals surface area contributed by atoms with Crippen LogP contribution in [-0.4, -0.2) is 20.2 Å². The van der Waals surface area contributed by atoms with Gasteiger partial charge in [0, 0.05) is 5.56 Å². The molecule has 6 nitrogen and oxygen atoms in total. The zero-order chi connectivity index (χ0) is 20.5. The van der Waals surface area contributed by atoms with Crippen molar-refractivity contribution in [1.29, 1.82) is 0 Å². The van der Waals surface area contributed by atoms with Crippen molar-refractivity contribution in [2.24, 2.45) is 5.41 Å². The molecule has 146 valence electrons. The molecule has 0 saturated heterocycles. The molecule has 0 unspecified atom stereocenters. The SMILES string of the molecule is COc1ccc(-c2oc3ccccc3c(=O)c2OC(=O)C(C)(C)C)cc1OC. The van der Waals surface area contributed by atoms with Crippen molar-refractivity contribution in [1.82, 2.24) is 0 Å². The molecule has 0 bridgehead atoms. The second-order valence-corrected chi connectivity index (χ2v) is 7.29. The minimum Gasteiger partial charge on any atom is -0.493 e. The molecule has 1 heterocycles. The molecular formula is C22H22O6. The summed E-state index contributed by atoms with van der Waals surface area (Å²) in [5.41, 5.74) is -0.276. The molecule has 0 radical (unpaired) electrons. The van der Waals surface area contributed by atoms with Gasteiger partial charge in [-0.1, -0.05) is 12.1 Å². The number of carbonyl (C=O) groups is 1. The van der Waals surface area contributed by atoms with Gasteiger partial charge in [0.1, 0.15) is 5.58 Å². The standard InChI is InChI=1S/C22H22O6/c1-22(2,3)21(24)28-20-18(23)14-8-6-7-9-15(14)27-19(20)13-10-11-16(25-4)17(12-13)26-5/h6-12H,1-5H3. The van der Waals surface area contributed by atoms with Crippen LogP contribution in [0.3, 0.4) is 0 Å². The average Bonchev–Trinajstić information content (AvgIpc) is 2.68. The van der Waals surface area contributed by atoms with E-state index in [0.717, 1.165) is 0 Å². The molecule has 0 saturated carbocycles. The number of rotatable bonds is 4. The predicted molar refractivity (Wildman–Crippen MR) is 106 cm³/mol. The third-order valence-corrected chi connectivity index (χ3v) is 4.21. The van der Waals surface area contributed by atoms with E-state index in [1.165, 1.54) is 14.2 Å². The van der Waals surface area contributed by atoms with Gasteiger partial charge in [0.25, 0.3) is 0 Å². The lowest BCUT2D eigenvalue weighted by Crippen LogP contribution is -2.28. The van der Waals surface area contributed by atoms with Crippen LogP contribution < -0.4 is 19.6 Å². The van der Waals surface area contributed by atoms with Crippen LogP contribution in [0.4, 0.5) is 0 Å². The maximum atomic E-state index is 13.1. The van der Waals surface area contributed by atoms with Crippen molar-refractivity contribution < 1.29 is 23.4 Å².